The van der Waals surface area contributed by atoms with Crippen molar-refractivity contribution < 1.29 is 22.7 Å². The van der Waals surface area contributed by atoms with Crippen LogP contribution >= 0.6 is 0 Å². The fourth-order valence-corrected chi connectivity index (χ4v) is 2.01. The van der Waals surface area contributed by atoms with Crippen LogP contribution in [0, 0.1) is 0 Å². The Balaban J connectivity index is 1.89. The second-order valence-electron chi connectivity index (χ2n) is 4.47. The van der Waals surface area contributed by atoms with E-state index in [1.807, 2.05) is 22.9 Å². The zero-order valence-electron chi connectivity index (χ0n) is 10.7. The molecule has 20 heavy (non-hydrogen) atoms. The van der Waals surface area contributed by atoms with E-state index in [-0.39, 0.29) is 6.61 Å². The zero-order chi connectivity index (χ0) is 14.6. The molecule has 1 aromatic heterocycles. The van der Waals surface area contributed by atoms with Gasteiger partial charge < -0.3 is 9.30 Å². The highest BCUT2D eigenvalue weighted by Gasteiger charge is 2.27. The number of ether oxygens (including phenoxy) is 1. The molecule has 2 rings (SSSR count). The van der Waals surface area contributed by atoms with Crippen molar-refractivity contribution in [3.05, 3.63) is 36.0 Å². The lowest BCUT2D eigenvalue weighted by Gasteiger charge is -2.08. The van der Waals surface area contributed by atoms with E-state index in [1.54, 1.807) is 12.1 Å². The van der Waals surface area contributed by atoms with Gasteiger partial charge in [0.15, 0.2) is 0 Å². The first-order chi connectivity index (χ1) is 9.49. The van der Waals surface area contributed by atoms with Gasteiger partial charge in [-0.1, -0.05) is 0 Å². The van der Waals surface area contributed by atoms with Crippen molar-refractivity contribution in [3.63, 3.8) is 0 Å². The predicted octanol–water partition coefficient (Wildman–Crippen LogP) is 3.42. The molecule has 0 bridgehead atoms. The van der Waals surface area contributed by atoms with E-state index in [4.69, 9.17) is 0 Å². The summed E-state index contributed by atoms with van der Waals surface area (Å²) < 4.78 is 42.1. The van der Waals surface area contributed by atoms with Crippen molar-refractivity contribution in [2.24, 2.45) is 0 Å². The van der Waals surface area contributed by atoms with Crippen LogP contribution in [0.15, 0.2) is 30.5 Å². The van der Waals surface area contributed by atoms with Crippen molar-refractivity contribution in [2.45, 2.75) is 19.1 Å². The van der Waals surface area contributed by atoms with Crippen molar-refractivity contribution in [3.8, 4) is 0 Å². The molecule has 0 spiro atoms. The van der Waals surface area contributed by atoms with E-state index < -0.39 is 12.8 Å². The smallest absolute Gasteiger partial charge is 0.372 e. The van der Waals surface area contributed by atoms with Gasteiger partial charge >= 0.3 is 6.18 Å². The zero-order valence-corrected chi connectivity index (χ0v) is 10.7. The van der Waals surface area contributed by atoms with Gasteiger partial charge in [0.05, 0.1) is 0 Å². The van der Waals surface area contributed by atoms with Crippen LogP contribution in [0.2, 0.25) is 0 Å². The number of rotatable bonds is 6. The SMILES string of the molecule is O=Cc1ccc2c(ccn2CCCOCC(F)(F)F)c1. The van der Waals surface area contributed by atoms with Crippen LogP contribution in [0.4, 0.5) is 13.2 Å². The monoisotopic (exact) mass is 285 g/mol. The Hall–Kier alpha value is -1.82. The molecule has 1 heterocycles. The molecule has 0 unspecified atom stereocenters. The van der Waals surface area contributed by atoms with Crippen LogP contribution in [0.5, 0.6) is 0 Å². The van der Waals surface area contributed by atoms with E-state index in [1.165, 1.54) is 0 Å². The van der Waals surface area contributed by atoms with E-state index in [2.05, 4.69) is 4.74 Å². The summed E-state index contributed by atoms with van der Waals surface area (Å²) >= 11 is 0. The predicted molar refractivity (Wildman–Crippen MR) is 68.8 cm³/mol. The molecule has 3 nitrogen and oxygen atoms in total. The van der Waals surface area contributed by atoms with Crippen molar-refractivity contribution >= 4 is 17.2 Å². The molecule has 0 fully saturated rings. The maximum absolute atomic E-state index is 11.9. The van der Waals surface area contributed by atoms with Gasteiger partial charge in [-0.15, -0.1) is 0 Å². The summed E-state index contributed by atoms with van der Waals surface area (Å²) in [5.74, 6) is 0. The van der Waals surface area contributed by atoms with Crippen LogP contribution in [0.3, 0.4) is 0 Å². The molecule has 1 aromatic carbocycles. The van der Waals surface area contributed by atoms with E-state index in [9.17, 15) is 18.0 Å². The third-order valence-corrected chi connectivity index (χ3v) is 2.88. The first kappa shape index (κ1) is 14.6. The first-order valence-electron chi connectivity index (χ1n) is 6.18. The molecule has 0 amide bonds. The minimum absolute atomic E-state index is 0.0611. The molecule has 108 valence electrons. The third kappa shape index (κ3) is 3.84. The summed E-state index contributed by atoms with van der Waals surface area (Å²) in [5.41, 5.74) is 1.55. The second kappa shape index (κ2) is 6.09. The highest BCUT2D eigenvalue weighted by atomic mass is 19.4. The lowest BCUT2D eigenvalue weighted by atomic mass is 10.2. The van der Waals surface area contributed by atoms with E-state index in [0.717, 1.165) is 17.2 Å². The van der Waals surface area contributed by atoms with Gasteiger partial charge in [-0.3, -0.25) is 4.79 Å². The standard InChI is InChI=1S/C14H14F3NO2/c15-14(16,17)10-20-7-1-5-18-6-4-12-8-11(9-19)2-3-13(12)18/h2-4,6,8-9H,1,5,7,10H2. The maximum atomic E-state index is 11.9. The average Bonchev–Trinajstić information content (AvgIpc) is 2.79. The lowest BCUT2D eigenvalue weighted by Crippen LogP contribution is -2.17. The Morgan fingerprint density at radius 3 is 2.75 bits per heavy atom. The van der Waals surface area contributed by atoms with Crippen LogP contribution in [0.25, 0.3) is 10.9 Å². The lowest BCUT2D eigenvalue weighted by molar-refractivity contribution is -0.174. The summed E-state index contributed by atoms with van der Waals surface area (Å²) in [6.45, 7) is -0.574. The number of aldehydes is 1. The number of alkyl halides is 3. The number of aromatic nitrogens is 1. The topological polar surface area (TPSA) is 31.2 Å². The highest BCUT2D eigenvalue weighted by Crippen LogP contribution is 2.18. The van der Waals surface area contributed by atoms with Crippen LogP contribution in [-0.2, 0) is 11.3 Å². The quantitative estimate of drug-likeness (QED) is 0.601. The van der Waals surface area contributed by atoms with E-state index >= 15 is 0 Å². The average molecular weight is 285 g/mol. The molecular formula is C14H14F3NO2. The number of aryl methyl sites for hydroxylation is 1. The number of fused-ring (bicyclic) bond motifs is 1. The van der Waals surface area contributed by atoms with Gasteiger partial charge in [0.25, 0.3) is 0 Å². The minimum atomic E-state index is -4.27. The van der Waals surface area contributed by atoms with Gasteiger partial charge in [0.2, 0.25) is 0 Å². The number of carbonyl (C=O) groups is 1. The molecule has 0 saturated carbocycles. The molecule has 0 radical (unpaired) electrons. The molecule has 0 aliphatic rings. The van der Waals surface area contributed by atoms with Crippen molar-refractivity contribution in [2.75, 3.05) is 13.2 Å². The second-order valence-corrected chi connectivity index (χ2v) is 4.47. The summed E-state index contributed by atoms with van der Waals surface area (Å²) in [4.78, 5) is 10.7. The Morgan fingerprint density at radius 2 is 2.05 bits per heavy atom. The number of nitrogens with zero attached hydrogens (tertiary/aromatic N) is 1. The molecule has 0 aliphatic heterocycles. The first-order valence-corrected chi connectivity index (χ1v) is 6.18. The molecular weight excluding hydrogens is 271 g/mol. The number of hydrogen-bond donors (Lipinski definition) is 0. The number of benzene rings is 1. The summed E-state index contributed by atoms with van der Waals surface area (Å²) in [6, 6.07) is 7.19. The Kier molecular flexibility index (Phi) is 4.44. The van der Waals surface area contributed by atoms with Gasteiger partial charge in [-0.05, 0) is 30.7 Å². The van der Waals surface area contributed by atoms with Crippen LogP contribution in [-0.4, -0.2) is 30.2 Å². The normalized spacial score (nSPS) is 11.9. The highest BCUT2D eigenvalue weighted by molar-refractivity contribution is 5.87. The number of carbonyl (C=O) groups excluding carboxylic acids is 1. The third-order valence-electron chi connectivity index (χ3n) is 2.88. The van der Waals surface area contributed by atoms with Gasteiger partial charge in [0, 0.05) is 35.8 Å². The summed E-state index contributed by atoms with van der Waals surface area (Å²) in [5, 5.41) is 0.936. The van der Waals surface area contributed by atoms with Crippen molar-refractivity contribution in [1.29, 1.82) is 0 Å². The van der Waals surface area contributed by atoms with Crippen molar-refractivity contribution in [1.82, 2.24) is 4.57 Å². The van der Waals surface area contributed by atoms with Gasteiger partial charge in [-0.25, -0.2) is 0 Å². The molecule has 0 aliphatic carbocycles. The molecule has 6 heteroatoms. The van der Waals surface area contributed by atoms with E-state index in [0.29, 0.717) is 18.5 Å². The molecule has 0 saturated heterocycles. The fourth-order valence-electron chi connectivity index (χ4n) is 2.01. The Labute approximate surface area is 113 Å². The molecule has 0 atom stereocenters. The van der Waals surface area contributed by atoms with Crippen LogP contribution in [0.1, 0.15) is 16.8 Å². The largest absolute Gasteiger partial charge is 0.411 e. The maximum Gasteiger partial charge on any atom is 0.411 e. The Bertz CT molecular complexity index is 590. The number of halogens is 3. The van der Waals surface area contributed by atoms with Crippen LogP contribution < -0.4 is 0 Å². The fraction of sp³-hybridized carbons (Fsp3) is 0.357. The molecule has 0 N–H and O–H groups in total. The Morgan fingerprint density at radius 1 is 1.25 bits per heavy atom. The molecule has 2 aromatic rings. The summed E-state index contributed by atoms with van der Waals surface area (Å²) in [6.07, 6.45) is -1.15. The summed E-state index contributed by atoms with van der Waals surface area (Å²) in [7, 11) is 0. The van der Waals surface area contributed by atoms with Gasteiger partial charge in [-0.2, -0.15) is 13.2 Å². The minimum Gasteiger partial charge on any atom is -0.372 e. The van der Waals surface area contributed by atoms with Gasteiger partial charge in [0.1, 0.15) is 12.9 Å². The number of hydrogen-bond acceptors (Lipinski definition) is 2.